The molecule has 0 radical (unpaired) electrons. The number of nitrogens with two attached hydrogens (primary N) is 2. The van der Waals surface area contributed by atoms with E-state index in [2.05, 4.69) is 24.1 Å². The molecule has 0 aromatic heterocycles. The number of carbonyl (C=O) groups is 1. The predicted molar refractivity (Wildman–Crippen MR) is 77.8 cm³/mol. The number of hydrogen-bond donors (Lipinski definition) is 2. The standard InChI is InChI=1S/C14H22N4O/c1-11-9-12(3-4-13(11)15)17-5-7-18(2,8-6-17)10-14(16)19/h3-4,9H,5-8,10,15H2,1-2H3,(H-,16,19)/p+1. The number of primary amides is 1. The van der Waals surface area contributed by atoms with E-state index in [-0.39, 0.29) is 5.91 Å². The number of hydrogen-bond acceptors (Lipinski definition) is 3. The van der Waals surface area contributed by atoms with E-state index in [9.17, 15) is 4.79 Å². The van der Waals surface area contributed by atoms with Crippen LogP contribution in [0.5, 0.6) is 0 Å². The van der Waals surface area contributed by atoms with Gasteiger partial charge in [0.2, 0.25) is 0 Å². The molecule has 1 aliphatic heterocycles. The first-order valence-electron chi connectivity index (χ1n) is 6.63. The van der Waals surface area contributed by atoms with Gasteiger partial charge in [-0.05, 0) is 30.7 Å². The topological polar surface area (TPSA) is 72.3 Å². The molecule has 0 bridgehead atoms. The van der Waals surface area contributed by atoms with Gasteiger partial charge in [0.05, 0.1) is 33.2 Å². The third-order valence-corrected chi connectivity index (χ3v) is 3.98. The number of anilines is 2. The fraction of sp³-hybridized carbons (Fsp3) is 0.500. The Morgan fingerprint density at radius 2 is 2.00 bits per heavy atom. The zero-order valence-corrected chi connectivity index (χ0v) is 11.7. The molecule has 1 amide bonds. The van der Waals surface area contributed by atoms with Crippen LogP contribution in [0.4, 0.5) is 11.4 Å². The third-order valence-electron chi connectivity index (χ3n) is 3.98. The largest absolute Gasteiger partial charge is 0.399 e. The maximum absolute atomic E-state index is 11.1. The Balaban J connectivity index is 2.03. The minimum atomic E-state index is -0.223. The van der Waals surface area contributed by atoms with Gasteiger partial charge in [-0.25, -0.2) is 0 Å². The van der Waals surface area contributed by atoms with Crippen LogP contribution < -0.4 is 16.4 Å². The Morgan fingerprint density at radius 1 is 1.37 bits per heavy atom. The van der Waals surface area contributed by atoms with Gasteiger partial charge in [-0.3, -0.25) is 4.79 Å². The van der Waals surface area contributed by atoms with E-state index in [4.69, 9.17) is 11.5 Å². The first kappa shape index (κ1) is 13.7. The fourth-order valence-corrected chi connectivity index (χ4v) is 2.60. The minimum absolute atomic E-state index is 0.223. The van der Waals surface area contributed by atoms with Crippen LogP contribution in [0, 0.1) is 6.92 Å². The second-order valence-corrected chi connectivity index (χ2v) is 5.72. The van der Waals surface area contributed by atoms with E-state index in [1.165, 1.54) is 5.69 Å². The van der Waals surface area contributed by atoms with Crippen molar-refractivity contribution in [2.45, 2.75) is 6.92 Å². The quantitative estimate of drug-likeness (QED) is 0.610. The SMILES string of the molecule is Cc1cc(N2CC[N+](C)(CC(N)=O)CC2)ccc1N. The van der Waals surface area contributed by atoms with Crippen molar-refractivity contribution in [3.8, 4) is 0 Å². The summed E-state index contributed by atoms with van der Waals surface area (Å²) in [6, 6.07) is 6.14. The maximum Gasteiger partial charge on any atom is 0.272 e. The molecule has 1 aromatic rings. The molecule has 19 heavy (non-hydrogen) atoms. The van der Waals surface area contributed by atoms with Gasteiger partial charge < -0.3 is 20.9 Å². The van der Waals surface area contributed by atoms with E-state index in [0.717, 1.165) is 41.9 Å². The molecule has 1 heterocycles. The molecular weight excluding hydrogens is 240 g/mol. The molecule has 5 heteroatoms. The Kier molecular flexibility index (Phi) is 3.66. The van der Waals surface area contributed by atoms with Gasteiger partial charge in [-0.2, -0.15) is 0 Å². The second kappa shape index (κ2) is 5.09. The number of likely N-dealkylation sites (N-methyl/N-ethyl adjacent to an activating group) is 1. The van der Waals surface area contributed by atoms with E-state index in [1.807, 2.05) is 13.0 Å². The fourth-order valence-electron chi connectivity index (χ4n) is 2.60. The highest BCUT2D eigenvalue weighted by Crippen LogP contribution is 2.22. The number of benzene rings is 1. The number of quaternary nitrogens is 1. The van der Waals surface area contributed by atoms with E-state index in [1.54, 1.807) is 0 Å². The molecule has 0 spiro atoms. The van der Waals surface area contributed by atoms with Crippen LogP contribution in [0.25, 0.3) is 0 Å². The van der Waals surface area contributed by atoms with Gasteiger partial charge in [-0.1, -0.05) is 0 Å². The van der Waals surface area contributed by atoms with Crippen molar-refractivity contribution in [2.24, 2.45) is 5.73 Å². The summed E-state index contributed by atoms with van der Waals surface area (Å²) in [4.78, 5) is 13.4. The molecule has 1 aliphatic rings. The summed E-state index contributed by atoms with van der Waals surface area (Å²) in [5.74, 6) is -0.223. The molecule has 0 atom stereocenters. The first-order valence-corrected chi connectivity index (χ1v) is 6.63. The number of rotatable bonds is 3. The number of amides is 1. The van der Waals surface area contributed by atoms with Crippen LogP contribution in [0.15, 0.2) is 18.2 Å². The van der Waals surface area contributed by atoms with Crippen molar-refractivity contribution in [1.82, 2.24) is 0 Å². The Bertz CT molecular complexity index is 478. The molecule has 1 saturated heterocycles. The third kappa shape index (κ3) is 3.17. The summed E-state index contributed by atoms with van der Waals surface area (Å²) in [5.41, 5.74) is 14.3. The molecule has 0 unspecified atom stereocenters. The zero-order chi connectivity index (χ0) is 14.0. The Labute approximate surface area is 114 Å². The maximum atomic E-state index is 11.1. The first-order chi connectivity index (χ1) is 8.89. The lowest BCUT2D eigenvalue weighted by atomic mass is 10.1. The van der Waals surface area contributed by atoms with Gasteiger partial charge in [0.1, 0.15) is 0 Å². The zero-order valence-electron chi connectivity index (χ0n) is 11.7. The highest BCUT2D eigenvalue weighted by molar-refractivity contribution is 5.74. The van der Waals surface area contributed by atoms with Crippen LogP contribution in [0.1, 0.15) is 5.56 Å². The lowest BCUT2D eigenvalue weighted by Crippen LogP contribution is -2.59. The Morgan fingerprint density at radius 3 is 2.53 bits per heavy atom. The van der Waals surface area contributed by atoms with Crippen LogP contribution in [0.2, 0.25) is 0 Å². The highest BCUT2D eigenvalue weighted by Gasteiger charge is 2.30. The highest BCUT2D eigenvalue weighted by atomic mass is 16.1. The lowest BCUT2D eigenvalue weighted by molar-refractivity contribution is -0.902. The minimum Gasteiger partial charge on any atom is -0.399 e. The molecular formula is C14H23N4O+. The summed E-state index contributed by atoms with van der Waals surface area (Å²) in [6.07, 6.45) is 0. The van der Waals surface area contributed by atoms with Gasteiger partial charge in [0.25, 0.3) is 5.91 Å². The lowest BCUT2D eigenvalue weighted by Gasteiger charge is -2.42. The molecule has 0 saturated carbocycles. The molecule has 1 fully saturated rings. The summed E-state index contributed by atoms with van der Waals surface area (Å²) in [6.45, 7) is 6.20. The molecule has 104 valence electrons. The van der Waals surface area contributed by atoms with Gasteiger partial charge in [0.15, 0.2) is 6.54 Å². The monoisotopic (exact) mass is 263 g/mol. The molecule has 4 N–H and O–H groups in total. The Hall–Kier alpha value is -1.75. The van der Waals surface area contributed by atoms with Gasteiger partial charge in [0, 0.05) is 11.4 Å². The van der Waals surface area contributed by atoms with Crippen LogP contribution in [-0.2, 0) is 4.79 Å². The predicted octanol–water partition coefficient (Wildman–Crippen LogP) is 0.329. The number of nitrogens with zero attached hydrogens (tertiary/aromatic N) is 2. The second-order valence-electron chi connectivity index (χ2n) is 5.72. The van der Waals surface area contributed by atoms with Crippen molar-refractivity contribution in [1.29, 1.82) is 0 Å². The molecule has 2 rings (SSSR count). The summed E-state index contributed by atoms with van der Waals surface area (Å²) < 4.78 is 0.736. The smallest absolute Gasteiger partial charge is 0.272 e. The van der Waals surface area contributed by atoms with Crippen LogP contribution in [-0.4, -0.2) is 50.2 Å². The number of carbonyl (C=O) groups excluding carboxylic acids is 1. The van der Waals surface area contributed by atoms with E-state index < -0.39 is 0 Å². The normalized spacial score (nSPS) is 18.3. The summed E-state index contributed by atoms with van der Waals surface area (Å²) in [5, 5.41) is 0. The number of piperazine rings is 1. The number of aryl methyl sites for hydroxylation is 1. The van der Waals surface area contributed by atoms with Crippen molar-refractivity contribution in [3.63, 3.8) is 0 Å². The number of nitrogen functional groups attached to an aromatic ring is 1. The van der Waals surface area contributed by atoms with Crippen molar-refractivity contribution in [2.75, 3.05) is 50.4 Å². The average Bonchev–Trinajstić information content (AvgIpc) is 2.32. The molecule has 1 aromatic carbocycles. The van der Waals surface area contributed by atoms with Gasteiger partial charge >= 0.3 is 0 Å². The molecule has 5 nitrogen and oxygen atoms in total. The van der Waals surface area contributed by atoms with Gasteiger partial charge in [-0.15, -0.1) is 0 Å². The van der Waals surface area contributed by atoms with E-state index >= 15 is 0 Å². The van der Waals surface area contributed by atoms with Crippen molar-refractivity contribution in [3.05, 3.63) is 23.8 Å². The van der Waals surface area contributed by atoms with Crippen LogP contribution in [0.3, 0.4) is 0 Å². The average molecular weight is 263 g/mol. The summed E-state index contributed by atoms with van der Waals surface area (Å²) >= 11 is 0. The summed E-state index contributed by atoms with van der Waals surface area (Å²) in [7, 11) is 2.09. The molecule has 0 aliphatic carbocycles. The van der Waals surface area contributed by atoms with E-state index in [0.29, 0.717) is 6.54 Å². The van der Waals surface area contributed by atoms with Crippen molar-refractivity contribution >= 4 is 17.3 Å². The van der Waals surface area contributed by atoms with Crippen LogP contribution >= 0.6 is 0 Å². The van der Waals surface area contributed by atoms with Crippen molar-refractivity contribution < 1.29 is 9.28 Å².